The zero-order chi connectivity index (χ0) is 13.7. The maximum atomic E-state index is 13.9. The summed E-state index contributed by atoms with van der Waals surface area (Å²) in [5.41, 5.74) is -0.206. The van der Waals surface area contributed by atoms with Gasteiger partial charge in [-0.15, -0.1) is 0 Å². The molecule has 0 atom stereocenters. The number of carbonyl (C=O) groups excluding carboxylic acids is 2. The largest absolute Gasteiger partial charge is 0.494 e. The fraction of sp³-hybridized carbons (Fsp3) is 0.333. The van der Waals surface area contributed by atoms with E-state index in [1.165, 1.54) is 19.2 Å². The number of methoxy groups -OCH3 is 1. The smallest absolute Gasteiger partial charge is 0.313 e. The second-order valence-electron chi connectivity index (χ2n) is 3.34. The molecule has 0 unspecified atom stereocenters. The van der Waals surface area contributed by atoms with Crippen LogP contribution >= 0.6 is 15.9 Å². The highest BCUT2D eigenvalue weighted by Crippen LogP contribution is 2.28. The molecule has 0 N–H and O–H groups in total. The van der Waals surface area contributed by atoms with Crippen LogP contribution in [0.5, 0.6) is 5.75 Å². The first-order valence-electron chi connectivity index (χ1n) is 5.22. The number of carbonyl (C=O) groups is 2. The monoisotopic (exact) mass is 318 g/mol. The van der Waals surface area contributed by atoms with Gasteiger partial charge in [0.05, 0.1) is 19.3 Å². The third-order valence-electron chi connectivity index (χ3n) is 2.16. The van der Waals surface area contributed by atoms with Crippen molar-refractivity contribution in [2.45, 2.75) is 13.3 Å². The molecule has 0 aliphatic rings. The molecular weight excluding hydrogens is 307 g/mol. The van der Waals surface area contributed by atoms with Gasteiger partial charge in [0.25, 0.3) is 0 Å². The Hall–Kier alpha value is -1.43. The van der Waals surface area contributed by atoms with Gasteiger partial charge >= 0.3 is 5.97 Å². The van der Waals surface area contributed by atoms with Crippen LogP contribution < -0.4 is 4.74 Å². The van der Waals surface area contributed by atoms with E-state index in [2.05, 4.69) is 20.7 Å². The van der Waals surface area contributed by atoms with Crippen molar-refractivity contribution < 1.29 is 23.5 Å². The van der Waals surface area contributed by atoms with Crippen LogP contribution in [0.25, 0.3) is 0 Å². The minimum atomic E-state index is -0.791. The number of esters is 1. The predicted octanol–water partition coefficient (Wildman–Crippen LogP) is 2.73. The lowest BCUT2D eigenvalue weighted by molar-refractivity contribution is -0.141. The van der Waals surface area contributed by atoms with Crippen LogP contribution in [-0.2, 0) is 9.53 Å². The number of ether oxygens (including phenoxy) is 2. The van der Waals surface area contributed by atoms with Gasteiger partial charge in [-0.25, -0.2) is 4.39 Å². The lowest BCUT2D eigenvalue weighted by Crippen LogP contribution is -2.13. The summed E-state index contributed by atoms with van der Waals surface area (Å²) in [6.45, 7) is 1.80. The van der Waals surface area contributed by atoms with E-state index in [1.54, 1.807) is 6.92 Å². The summed E-state index contributed by atoms with van der Waals surface area (Å²) in [4.78, 5) is 23.0. The SMILES string of the molecule is CCOC(=O)CC(=O)c1c(Br)ccc(OC)c1F. The highest BCUT2D eigenvalue weighted by atomic mass is 79.9. The minimum absolute atomic E-state index is 0.0505. The molecule has 1 aromatic carbocycles. The van der Waals surface area contributed by atoms with Gasteiger partial charge in [-0.3, -0.25) is 9.59 Å². The van der Waals surface area contributed by atoms with Crippen LogP contribution in [0.3, 0.4) is 0 Å². The summed E-state index contributed by atoms with van der Waals surface area (Å²) in [5, 5.41) is 0. The molecule has 6 heteroatoms. The molecule has 1 rings (SSSR count). The van der Waals surface area contributed by atoms with E-state index in [0.29, 0.717) is 0 Å². The highest BCUT2D eigenvalue weighted by Gasteiger charge is 2.22. The zero-order valence-electron chi connectivity index (χ0n) is 9.96. The van der Waals surface area contributed by atoms with Gasteiger partial charge in [-0.05, 0) is 35.0 Å². The molecule has 0 saturated carbocycles. The van der Waals surface area contributed by atoms with Crippen LogP contribution in [0.2, 0.25) is 0 Å². The van der Waals surface area contributed by atoms with Crippen LogP contribution in [-0.4, -0.2) is 25.5 Å². The Kier molecular flexibility index (Phi) is 5.27. The fourth-order valence-corrected chi connectivity index (χ4v) is 1.91. The molecule has 4 nitrogen and oxygen atoms in total. The second-order valence-corrected chi connectivity index (χ2v) is 4.20. The first kappa shape index (κ1) is 14.6. The molecule has 0 aromatic heterocycles. The van der Waals surface area contributed by atoms with Gasteiger partial charge in [0.15, 0.2) is 17.3 Å². The third kappa shape index (κ3) is 3.29. The summed E-state index contributed by atoms with van der Waals surface area (Å²) >= 11 is 3.07. The molecule has 0 aliphatic heterocycles. The van der Waals surface area contributed by atoms with Crippen molar-refractivity contribution in [1.82, 2.24) is 0 Å². The van der Waals surface area contributed by atoms with Crippen molar-refractivity contribution in [3.63, 3.8) is 0 Å². The molecule has 18 heavy (non-hydrogen) atoms. The number of halogens is 2. The van der Waals surface area contributed by atoms with Gasteiger partial charge in [-0.1, -0.05) is 0 Å². The van der Waals surface area contributed by atoms with Crippen molar-refractivity contribution in [1.29, 1.82) is 0 Å². The fourth-order valence-electron chi connectivity index (χ4n) is 1.38. The van der Waals surface area contributed by atoms with Gasteiger partial charge in [-0.2, -0.15) is 0 Å². The lowest BCUT2D eigenvalue weighted by Gasteiger charge is -2.08. The van der Waals surface area contributed by atoms with Crippen LogP contribution in [0.15, 0.2) is 16.6 Å². The van der Waals surface area contributed by atoms with Crippen LogP contribution in [0.1, 0.15) is 23.7 Å². The summed E-state index contributed by atoms with van der Waals surface area (Å²) in [5.74, 6) is -2.18. The van der Waals surface area contributed by atoms with E-state index in [4.69, 9.17) is 4.74 Å². The van der Waals surface area contributed by atoms with Gasteiger partial charge < -0.3 is 9.47 Å². The Bertz CT molecular complexity index is 473. The standard InChI is InChI=1S/C12H12BrFO4/c1-3-18-10(16)6-8(15)11-7(13)4-5-9(17-2)12(11)14/h4-5H,3,6H2,1-2H3. The number of ketones is 1. The molecule has 0 spiro atoms. The van der Waals surface area contributed by atoms with E-state index in [1.807, 2.05) is 0 Å². The molecular formula is C12H12BrFO4. The molecule has 98 valence electrons. The first-order valence-corrected chi connectivity index (χ1v) is 6.01. The Morgan fingerprint density at radius 2 is 2.06 bits per heavy atom. The lowest BCUT2D eigenvalue weighted by atomic mass is 10.1. The molecule has 0 fully saturated rings. The Morgan fingerprint density at radius 3 is 2.61 bits per heavy atom. The molecule has 0 heterocycles. The van der Waals surface area contributed by atoms with E-state index < -0.39 is 24.0 Å². The van der Waals surface area contributed by atoms with Crippen molar-refractivity contribution in [3.05, 3.63) is 28.0 Å². The number of hydrogen-bond donors (Lipinski definition) is 0. The second kappa shape index (κ2) is 6.49. The molecule has 0 saturated heterocycles. The third-order valence-corrected chi connectivity index (χ3v) is 2.83. The van der Waals surface area contributed by atoms with Crippen LogP contribution in [0.4, 0.5) is 4.39 Å². The van der Waals surface area contributed by atoms with E-state index in [9.17, 15) is 14.0 Å². The van der Waals surface area contributed by atoms with Crippen molar-refractivity contribution in [2.75, 3.05) is 13.7 Å². The quantitative estimate of drug-likeness (QED) is 0.476. The van der Waals surface area contributed by atoms with Crippen LogP contribution in [0, 0.1) is 5.82 Å². The number of hydrogen-bond acceptors (Lipinski definition) is 4. The summed E-state index contributed by atoms with van der Waals surface area (Å²) in [6, 6.07) is 2.88. The minimum Gasteiger partial charge on any atom is -0.494 e. The van der Waals surface area contributed by atoms with Gasteiger partial charge in [0, 0.05) is 4.47 Å². The van der Waals surface area contributed by atoms with Gasteiger partial charge in [0.1, 0.15) is 6.42 Å². The number of Topliss-reactive ketones (excluding diaryl/α,β-unsaturated/α-hetero) is 1. The molecule has 1 aromatic rings. The molecule has 0 bridgehead atoms. The van der Waals surface area contributed by atoms with Crippen molar-refractivity contribution in [2.24, 2.45) is 0 Å². The number of benzene rings is 1. The average molecular weight is 319 g/mol. The first-order chi connectivity index (χ1) is 8.51. The van der Waals surface area contributed by atoms with Crippen molar-refractivity contribution >= 4 is 27.7 Å². The maximum Gasteiger partial charge on any atom is 0.313 e. The van der Waals surface area contributed by atoms with E-state index in [0.717, 1.165) is 0 Å². The normalized spacial score (nSPS) is 10.0. The highest BCUT2D eigenvalue weighted by molar-refractivity contribution is 9.10. The molecule has 0 amide bonds. The summed E-state index contributed by atoms with van der Waals surface area (Å²) in [7, 11) is 1.30. The Labute approximate surface area is 112 Å². The summed E-state index contributed by atoms with van der Waals surface area (Å²) < 4.78 is 23.6. The summed E-state index contributed by atoms with van der Waals surface area (Å²) in [6.07, 6.45) is -0.503. The van der Waals surface area contributed by atoms with E-state index >= 15 is 0 Å². The zero-order valence-corrected chi connectivity index (χ0v) is 11.5. The molecule has 0 radical (unpaired) electrons. The number of rotatable bonds is 5. The Morgan fingerprint density at radius 1 is 1.39 bits per heavy atom. The topological polar surface area (TPSA) is 52.6 Å². The predicted molar refractivity (Wildman–Crippen MR) is 66.2 cm³/mol. The average Bonchev–Trinajstić information content (AvgIpc) is 2.29. The molecule has 0 aliphatic carbocycles. The van der Waals surface area contributed by atoms with Crippen molar-refractivity contribution in [3.8, 4) is 5.75 Å². The Balaban J connectivity index is 3.01. The maximum absolute atomic E-state index is 13.9. The van der Waals surface area contributed by atoms with E-state index in [-0.39, 0.29) is 22.4 Å². The van der Waals surface area contributed by atoms with Gasteiger partial charge in [0.2, 0.25) is 0 Å².